The lowest BCUT2D eigenvalue weighted by Gasteiger charge is -2.34. The van der Waals surface area contributed by atoms with Crippen LogP contribution in [0.25, 0.3) is 0 Å². The normalized spacial score (nSPS) is 19.6. The van der Waals surface area contributed by atoms with Crippen molar-refractivity contribution in [2.45, 2.75) is 17.7 Å². The number of benzene rings is 1. The van der Waals surface area contributed by atoms with E-state index < -0.39 is 10.0 Å². The van der Waals surface area contributed by atoms with Crippen molar-refractivity contribution in [1.82, 2.24) is 14.6 Å². The van der Waals surface area contributed by atoms with Gasteiger partial charge in [0.05, 0.1) is 4.90 Å². The number of rotatable bonds is 3. The van der Waals surface area contributed by atoms with Crippen molar-refractivity contribution < 1.29 is 18.0 Å². The van der Waals surface area contributed by atoms with Crippen molar-refractivity contribution in [3.63, 3.8) is 0 Å². The molecule has 2 amide bonds. The molecule has 2 aliphatic rings. The summed E-state index contributed by atoms with van der Waals surface area (Å²) in [5.74, 6) is -0.447. The molecular formula is C15H18N4O4S. The van der Waals surface area contributed by atoms with Crippen LogP contribution < -0.4 is 5.43 Å². The second-order valence-electron chi connectivity index (χ2n) is 5.60. The van der Waals surface area contributed by atoms with Crippen molar-refractivity contribution in [3.05, 3.63) is 30.3 Å². The molecule has 0 atom stereocenters. The van der Waals surface area contributed by atoms with E-state index in [1.807, 2.05) is 0 Å². The van der Waals surface area contributed by atoms with Crippen LogP contribution in [0.2, 0.25) is 0 Å². The molecule has 2 aliphatic heterocycles. The summed E-state index contributed by atoms with van der Waals surface area (Å²) >= 11 is 0. The van der Waals surface area contributed by atoms with E-state index in [9.17, 15) is 18.0 Å². The van der Waals surface area contributed by atoms with Crippen molar-refractivity contribution in [2.24, 2.45) is 5.10 Å². The molecule has 24 heavy (non-hydrogen) atoms. The van der Waals surface area contributed by atoms with Crippen LogP contribution in [-0.2, 0) is 19.6 Å². The average Bonchev–Trinajstić information content (AvgIpc) is 2.62. The minimum absolute atomic E-state index is 0.203. The van der Waals surface area contributed by atoms with Gasteiger partial charge in [-0.15, -0.1) is 0 Å². The SMILES string of the molecule is O=C1CCC(C(=O)N2CCN(S(=O)(=O)c3ccccc3)CC2)=NN1. The number of carbonyl (C=O) groups excluding carboxylic acids is 2. The van der Waals surface area contributed by atoms with Crippen LogP contribution in [0.5, 0.6) is 0 Å². The molecule has 128 valence electrons. The molecule has 2 heterocycles. The Morgan fingerprint density at radius 3 is 2.29 bits per heavy atom. The summed E-state index contributed by atoms with van der Waals surface area (Å²) in [6, 6.07) is 8.25. The van der Waals surface area contributed by atoms with Gasteiger partial charge < -0.3 is 4.90 Å². The van der Waals surface area contributed by atoms with E-state index in [1.54, 1.807) is 35.2 Å². The molecule has 1 aromatic rings. The Hall–Kier alpha value is -2.26. The van der Waals surface area contributed by atoms with Gasteiger partial charge in [-0.05, 0) is 12.1 Å². The molecule has 1 saturated heterocycles. The molecule has 1 fully saturated rings. The number of carbonyl (C=O) groups is 2. The first-order valence-corrected chi connectivity index (χ1v) is 9.12. The second-order valence-corrected chi connectivity index (χ2v) is 7.54. The topological polar surface area (TPSA) is 99.2 Å². The number of sulfonamides is 1. The van der Waals surface area contributed by atoms with Crippen molar-refractivity contribution in [3.8, 4) is 0 Å². The first-order chi connectivity index (χ1) is 11.5. The van der Waals surface area contributed by atoms with Crippen LogP contribution >= 0.6 is 0 Å². The summed E-state index contributed by atoms with van der Waals surface area (Å²) in [6.45, 7) is 1.08. The summed E-state index contributed by atoms with van der Waals surface area (Å²) < 4.78 is 26.5. The molecule has 0 radical (unpaired) electrons. The minimum Gasteiger partial charge on any atom is -0.335 e. The van der Waals surface area contributed by atoms with Gasteiger partial charge in [-0.1, -0.05) is 18.2 Å². The lowest BCUT2D eigenvalue weighted by molar-refractivity contribution is -0.125. The van der Waals surface area contributed by atoms with E-state index in [1.165, 1.54) is 4.31 Å². The minimum atomic E-state index is -3.54. The van der Waals surface area contributed by atoms with Crippen LogP contribution in [0.3, 0.4) is 0 Å². The molecule has 0 spiro atoms. The van der Waals surface area contributed by atoms with Gasteiger partial charge in [0.1, 0.15) is 5.71 Å². The highest BCUT2D eigenvalue weighted by Crippen LogP contribution is 2.17. The van der Waals surface area contributed by atoms with Gasteiger partial charge in [-0.2, -0.15) is 9.41 Å². The summed E-state index contributed by atoms with van der Waals surface area (Å²) in [6.07, 6.45) is 0.556. The van der Waals surface area contributed by atoms with E-state index in [0.717, 1.165) is 0 Å². The molecule has 0 unspecified atom stereocenters. The Morgan fingerprint density at radius 1 is 1.04 bits per heavy atom. The van der Waals surface area contributed by atoms with Gasteiger partial charge in [0.25, 0.3) is 5.91 Å². The number of hydrazone groups is 1. The fourth-order valence-electron chi connectivity index (χ4n) is 2.68. The Morgan fingerprint density at radius 2 is 1.71 bits per heavy atom. The van der Waals surface area contributed by atoms with Gasteiger partial charge >= 0.3 is 0 Å². The van der Waals surface area contributed by atoms with E-state index >= 15 is 0 Å². The van der Waals surface area contributed by atoms with Crippen LogP contribution in [-0.4, -0.2) is 61.3 Å². The zero-order chi connectivity index (χ0) is 17.2. The maximum absolute atomic E-state index is 12.6. The van der Waals surface area contributed by atoms with E-state index in [2.05, 4.69) is 10.5 Å². The largest absolute Gasteiger partial charge is 0.335 e. The van der Waals surface area contributed by atoms with Crippen molar-refractivity contribution >= 4 is 27.5 Å². The third kappa shape index (κ3) is 3.31. The number of hydrogen-bond acceptors (Lipinski definition) is 5. The third-order valence-electron chi connectivity index (χ3n) is 4.06. The maximum Gasteiger partial charge on any atom is 0.270 e. The average molecular weight is 350 g/mol. The van der Waals surface area contributed by atoms with Gasteiger partial charge in [0.15, 0.2) is 0 Å². The highest BCUT2D eigenvalue weighted by Gasteiger charge is 2.31. The predicted molar refractivity (Wildman–Crippen MR) is 86.6 cm³/mol. The number of piperazine rings is 1. The third-order valence-corrected chi connectivity index (χ3v) is 5.97. The highest BCUT2D eigenvalue weighted by molar-refractivity contribution is 7.89. The molecule has 3 rings (SSSR count). The molecule has 0 aromatic heterocycles. The standard InChI is InChI=1S/C15H18N4O4S/c20-14-7-6-13(16-17-14)15(21)18-8-10-19(11-9-18)24(22,23)12-4-2-1-3-5-12/h1-5H,6-11H2,(H,17,20). The zero-order valence-electron chi connectivity index (χ0n) is 13.0. The van der Waals surface area contributed by atoms with Gasteiger partial charge in [0.2, 0.25) is 15.9 Å². The Balaban J connectivity index is 1.64. The first-order valence-electron chi connectivity index (χ1n) is 7.68. The number of nitrogens with one attached hydrogen (secondary N) is 1. The van der Waals surface area contributed by atoms with Crippen molar-refractivity contribution in [1.29, 1.82) is 0 Å². The number of nitrogens with zero attached hydrogens (tertiary/aromatic N) is 3. The molecule has 1 aromatic carbocycles. The molecule has 1 N–H and O–H groups in total. The first kappa shape index (κ1) is 16.6. The smallest absolute Gasteiger partial charge is 0.270 e. The fourth-order valence-corrected chi connectivity index (χ4v) is 4.13. The van der Waals surface area contributed by atoms with Crippen LogP contribution in [0.4, 0.5) is 0 Å². The summed E-state index contributed by atoms with van der Waals surface area (Å²) in [5.41, 5.74) is 2.62. The van der Waals surface area contributed by atoms with E-state index in [-0.39, 0.29) is 36.2 Å². The maximum atomic E-state index is 12.6. The van der Waals surface area contributed by atoms with E-state index in [4.69, 9.17) is 0 Å². The lowest BCUT2D eigenvalue weighted by Crippen LogP contribution is -2.52. The van der Waals surface area contributed by atoms with Crippen LogP contribution in [0, 0.1) is 0 Å². The molecule has 0 aliphatic carbocycles. The Bertz CT molecular complexity index is 768. The van der Waals surface area contributed by atoms with Gasteiger partial charge in [-0.25, -0.2) is 13.8 Å². The van der Waals surface area contributed by atoms with Crippen molar-refractivity contribution in [2.75, 3.05) is 26.2 Å². The lowest BCUT2D eigenvalue weighted by atomic mass is 10.1. The highest BCUT2D eigenvalue weighted by atomic mass is 32.2. The molecule has 8 nitrogen and oxygen atoms in total. The molecule has 9 heteroatoms. The quantitative estimate of drug-likeness (QED) is 0.815. The van der Waals surface area contributed by atoms with Crippen LogP contribution in [0.1, 0.15) is 12.8 Å². The molecule has 0 saturated carbocycles. The second kappa shape index (κ2) is 6.70. The zero-order valence-corrected chi connectivity index (χ0v) is 13.8. The Labute approximate surface area is 140 Å². The van der Waals surface area contributed by atoms with Gasteiger partial charge in [0, 0.05) is 39.0 Å². The molecular weight excluding hydrogens is 332 g/mol. The van der Waals surface area contributed by atoms with Crippen LogP contribution in [0.15, 0.2) is 40.3 Å². The van der Waals surface area contributed by atoms with E-state index in [0.29, 0.717) is 25.2 Å². The summed E-state index contributed by atoms with van der Waals surface area (Å²) in [5, 5.41) is 3.80. The summed E-state index contributed by atoms with van der Waals surface area (Å²) in [4.78, 5) is 25.3. The Kier molecular flexibility index (Phi) is 4.63. The summed E-state index contributed by atoms with van der Waals surface area (Å²) in [7, 11) is -3.54. The number of hydrogen-bond donors (Lipinski definition) is 1. The number of amides is 2. The fraction of sp³-hybridized carbons (Fsp3) is 0.400. The molecule has 0 bridgehead atoms. The van der Waals surface area contributed by atoms with Gasteiger partial charge in [-0.3, -0.25) is 9.59 Å². The predicted octanol–water partition coefficient (Wildman–Crippen LogP) is -0.214. The monoisotopic (exact) mass is 350 g/mol.